The predicted octanol–water partition coefficient (Wildman–Crippen LogP) is 4.58. The zero-order chi connectivity index (χ0) is 19.4. The van der Waals surface area contributed by atoms with Gasteiger partial charge in [0.1, 0.15) is 6.04 Å². The zero-order valence-corrected chi connectivity index (χ0v) is 17.2. The van der Waals surface area contributed by atoms with Crippen LogP contribution in [0.2, 0.25) is 0 Å². The van der Waals surface area contributed by atoms with E-state index < -0.39 is 12.0 Å². The molecule has 1 amide bonds. The summed E-state index contributed by atoms with van der Waals surface area (Å²) in [6, 6.07) is -0.827. The minimum Gasteiger partial charge on any atom is -0.480 e. The molecule has 0 radical (unpaired) electrons. The first-order valence-corrected chi connectivity index (χ1v) is 9.80. The number of nitrogens with one attached hydrogen (secondary N) is 1. The minimum absolute atomic E-state index is 0.309. The summed E-state index contributed by atoms with van der Waals surface area (Å²) in [5.74, 6) is -0.451. The topological polar surface area (TPSA) is 66.4 Å². The molecule has 0 aromatic heterocycles. The molecule has 25 heavy (non-hydrogen) atoms. The van der Waals surface area contributed by atoms with Gasteiger partial charge in [0, 0.05) is 17.9 Å². The molecule has 0 aliphatic rings. The van der Waals surface area contributed by atoms with Crippen LogP contribution in [0.1, 0.15) is 54.4 Å². The van der Waals surface area contributed by atoms with Crippen molar-refractivity contribution in [1.82, 2.24) is 5.32 Å². The number of hydrogen-bond donors (Lipinski definition) is 2. The van der Waals surface area contributed by atoms with Crippen molar-refractivity contribution in [3.05, 3.63) is 35.5 Å². The summed E-state index contributed by atoms with van der Waals surface area (Å²) in [5, 5.41) is 12.1. The highest BCUT2D eigenvalue weighted by Gasteiger charge is 2.22. The lowest BCUT2D eigenvalue weighted by Crippen LogP contribution is -2.42. The lowest BCUT2D eigenvalue weighted by Gasteiger charge is -2.22. The van der Waals surface area contributed by atoms with Crippen molar-refractivity contribution < 1.29 is 14.7 Å². The Balaban J connectivity index is 4.60. The molecule has 0 aliphatic heterocycles. The Kier molecular flexibility index (Phi) is 12.0. The van der Waals surface area contributed by atoms with Gasteiger partial charge in [0.2, 0.25) is 5.91 Å². The van der Waals surface area contributed by atoms with Crippen LogP contribution in [0.5, 0.6) is 0 Å². The molecule has 0 bridgehead atoms. The number of carboxylic acids is 1. The summed E-state index contributed by atoms with van der Waals surface area (Å²) >= 11 is 1.63. The average molecular weight is 368 g/mol. The Hall–Kier alpha value is -1.49. The molecular formula is C20H33NO3S. The highest BCUT2D eigenvalue weighted by Crippen LogP contribution is 2.26. The molecule has 0 aromatic rings. The largest absolute Gasteiger partial charge is 0.480 e. The predicted molar refractivity (Wildman–Crippen MR) is 108 cm³/mol. The summed E-state index contributed by atoms with van der Waals surface area (Å²) in [4.78, 5) is 22.4. The van der Waals surface area contributed by atoms with Gasteiger partial charge in [0.25, 0.3) is 0 Å². The second-order valence-corrected chi connectivity index (χ2v) is 7.92. The van der Waals surface area contributed by atoms with Crippen molar-refractivity contribution in [2.24, 2.45) is 5.92 Å². The summed E-state index contributed by atoms with van der Waals surface area (Å²) in [6.45, 7) is 11.9. The van der Waals surface area contributed by atoms with Crippen molar-refractivity contribution >= 4 is 23.6 Å². The smallest absolute Gasteiger partial charge is 0.327 e. The number of carboxylic acid groups (broad SMARTS) is 1. The molecule has 2 atom stereocenters. The van der Waals surface area contributed by atoms with E-state index in [1.54, 1.807) is 11.8 Å². The SMILES string of the molecule is C/C=C(\C)C=C/C=C(\C)CCC(SC[C@H](NC(C)=O)C(=O)O)C(C)C. The minimum atomic E-state index is -0.981. The number of amides is 1. The Morgan fingerprint density at radius 3 is 2.32 bits per heavy atom. The second kappa shape index (κ2) is 12.8. The van der Waals surface area contributed by atoms with Gasteiger partial charge >= 0.3 is 5.97 Å². The molecule has 4 nitrogen and oxygen atoms in total. The Bertz CT molecular complexity index is 521. The van der Waals surface area contributed by atoms with Crippen molar-refractivity contribution in [3.63, 3.8) is 0 Å². The number of carbonyl (C=O) groups is 2. The van der Waals surface area contributed by atoms with Gasteiger partial charge in [-0.1, -0.05) is 49.3 Å². The Morgan fingerprint density at radius 1 is 1.20 bits per heavy atom. The van der Waals surface area contributed by atoms with Crippen LogP contribution in [-0.4, -0.2) is 34.0 Å². The van der Waals surface area contributed by atoms with Crippen LogP contribution in [0, 0.1) is 5.92 Å². The molecule has 0 fully saturated rings. The van der Waals surface area contributed by atoms with E-state index in [0.29, 0.717) is 16.9 Å². The highest BCUT2D eigenvalue weighted by atomic mass is 32.2. The van der Waals surface area contributed by atoms with Crippen LogP contribution in [0.4, 0.5) is 0 Å². The lowest BCUT2D eigenvalue weighted by molar-refractivity contribution is -0.140. The summed E-state index contributed by atoms with van der Waals surface area (Å²) in [7, 11) is 0. The molecule has 0 spiro atoms. The van der Waals surface area contributed by atoms with Crippen LogP contribution >= 0.6 is 11.8 Å². The maximum atomic E-state index is 11.2. The Labute approximate surface area is 156 Å². The van der Waals surface area contributed by atoms with Gasteiger partial charge in [-0.2, -0.15) is 11.8 Å². The summed E-state index contributed by atoms with van der Waals surface area (Å²) < 4.78 is 0. The first-order chi connectivity index (χ1) is 11.7. The van der Waals surface area contributed by atoms with Gasteiger partial charge < -0.3 is 10.4 Å². The maximum Gasteiger partial charge on any atom is 0.327 e. The molecule has 0 heterocycles. The van der Waals surface area contributed by atoms with Gasteiger partial charge in [-0.15, -0.1) is 0 Å². The van der Waals surface area contributed by atoms with Gasteiger partial charge in [0.15, 0.2) is 0 Å². The highest BCUT2D eigenvalue weighted by molar-refractivity contribution is 8.00. The van der Waals surface area contributed by atoms with Gasteiger partial charge in [-0.05, 0) is 39.5 Å². The molecule has 1 unspecified atom stereocenters. The third-order valence-corrected chi connectivity index (χ3v) is 5.65. The van der Waals surface area contributed by atoms with E-state index in [-0.39, 0.29) is 5.91 Å². The van der Waals surface area contributed by atoms with E-state index in [0.717, 1.165) is 12.8 Å². The molecule has 0 rings (SSSR count). The third-order valence-electron chi connectivity index (χ3n) is 3.91. The van der Waals surface area contributed by atoms with Crippen LogP contribution in [0.15, 0.2) is 35.5 Å². The van der Waals surface area contributed by atoms with Crippen molar-refractivity contribution in [2.75, 3.05) is 5.75 Å². The summed E-state index contributed by atoms with van der Waals surface area (Å²) in [6.07, 6.45) is 10.3. The molecule has 5 heteroatoms. The molecule has 0 saturated heterocycles. The van der Waals surface area contributed by atoms with E-state index in [1.807, 2.05) is 6.92 Å². The van der Waals surface area contributed by atoms with Crippen molar-refractivity contribution in [1.29, 1.82) is 0 Å². The number of rotatable bonds is 11. The van der Waals surface area contributed by atoms with Gasteiger partial charge in [-0.25, -0.2) is 4.79 Å². The van der Waals surface area contributed by atoms with Gasteiger partial charge in [-0.3, -0.25) is 4.79 Å². The second-order valence-electron chi connectivity index (χ2n) is 6.65. The van der Waals surface area contributed by atoms with Crippen LogP contribution in [0.25, 0.3) is 0 Å². The summed E-state index contributed by atoms with van der Waals surface area (Å²) in [5.41, 5.74) is 2.54. The number of thioether (sulfide) groups is 1. The number of aliphatic carboxylic acids is 1. The number of hydrogen-bond acceptors (Lipinski definition) is 3. The quantitative estimate of drug-likeness (QED) is 0.525. The van der Waals surface area contributed by atoms with E-state index >= 15 is 0 Å². The Morgan fingerprint density at radius 2 is 1.84 bits per heavy atom. The average Bonchev–Trinajstić information content (AvgIpc) is 2.52. The molecule has 2 N–H and O–H groups in total. The monoisotopic (exact) mass is 367 g/mol. The van der Waals surface area contributed by atoms with Crippen LogP contribution < -0.4 is 5.32 Å². The zero-order valence-electron chi connectivity index (χ0n) is 16.3. The molecule has 142 valence electrons. The van der Waals surface area contributed by atoms with Crippen LogP contribution in [0.3, 0.4) is 0 Å². The van der Waals surface area contributed by atoms with Crippen molar-refractivity contribution in [3.8, 4) is 0 Å². The molecule has 0 aromatic carbocycles. The van der Waals surface area contributed by atoms with Crippen molar-refractivity contribution in [2.45, 2.75) is 65.7 Å². The lowest BCUT2D eigenvalue weighted by atomic mass is 10.0. The fourth-order valence-electron chi connectivity index (χ4n) is 2.16. The molecular weight excluding hydrogens is 334 g/mol. The molecule has 0 aliphatic carbocycles. The van der Waals surface area contributed by atoms with Gasteiger partial charge in [0.05, 0.1) is 0 Å². The maximum absolute atomic E-state index is 11.2. The number of allylic oxidation sites excluding steroid dienone is 6. The standard InChI is InChI=1S/C20H33NO3S/c1-7-15(4)9-8-10-16(5)11-12-19(14(2)3)25-13-18(20(23)24)21-17(6)22/h7-10,14,18-19H,11-13H2,1-6H3,(H,21,22)(H,23,24)/b9-8?,15-7+,16-10+/t18-,19?/m0/s1. The third kappa shape index (κ3) is 11.6. The first kappa shape index (κ1) is 23.5. The first-order valence-electron chi connectivity index (χ1n) is 8.75. The van der Waals surface area contributed by atoms with E-state index in [9.17, 15) is 14.7 Å². The fraction of sp³-hybridized carbons (Fsp3) is 0.600. The fourth-order valence-corrected chi connectivity index (χ4v) is 3.50. The van der Waals surface area contributed by atoms with Crippen LogP contribution in [-0.2, 0) is 9.59 Å². The number of carbonyl (C=O) groups excluding carboxylic acids is 1. The normalized spacial score (nSPS) is 15.5. The van der Waals surface area contributed by atoms with E-state index in [1.165, 1.54) is 18.1 Å². The molecule has 0 saturated carbocycles. The van der Waals surface area contributed by atoms with E-state index in [2.05, 4.69) is 57.3 Å². The van der Waals surface area contributed by atoms with E-state index in [4.69, 9.17) is 0 Å².